The molecule has 3 aromatic rings. The first-order chi connectivity index (χ1) is 15.3. The van der Waals surface area contributed by atoms with E-state index >= 15 is 0 Å². The molecule has 1 saturated carbocycles. The third-order valence-corrected chi connectivity index (χ3v) is 6.09. The maximum atomic E-state index is 12.8. The number of alkyl halides is 3. The summed E-state index contributed by atoms with van der Waals surface area (Å²) >= 11 is 6.40. The largest absolute Gasteiger partial charge is 0.493 e. The van der Waals surface area contributed by atoms with Gasteiger partial charge in [0.2, 0.25) is 0 Å². The van der Waals surface area contributed by atoms with E-state index in [1.165, 1.54) is 12.1 Å². The van der Waals surface area contributed by atoms with Crippen LogP contribution in [0.5, 0.6) is 5.75 Å². The van der Waals surface area contributed by atoms with Crippen LogP contribution < -0.4 is 4.74 Å². The van der Waals surface area contributed by atoms with E-state index in [1.807, 2.05) is 42.6 Å². The van der Waals surface area contributed by atoms with Crippen LogP contribution in [0.3, 0.4) is 0 Å². The third kappa shape index (κ3) is 6.02. The maximum Gasteiger partial charge on any atom is 0.416 e. The molecule has 1 heterocycles. The summed E-state index contributed by atoms with van der Waals surface area (Å²) < 4.78 is 44.2. The Morgan fingerprint density at radius 2 is 1.72 bits per heavy atom. The van der Waals surface area contributed by atoms with Crippen LogP contribution in [0.2, 0.25) is 5.02 Å². The predicted octanol–water partition coefficient (Wildman–Crippen LogP) is 6.62. The molecule has 0 N–H and O–H groups in total. The molecular formula is C25H24ClF3N2O. The fraction of sp³-hybridized carbons (Fsp3) is 0.320. The van der Waals surface area contributed by atoms with Crippen LogP contribution in [0.1, 0.15) is 29.5 Å². The van der Waals surface area contributed by atoms with Crippen molar-refractivity contribution in [2.75, 3.05) is 13.2 Å². The zero-order valence-corrected chi connectivity index (χ0v) is 18.2. The summed E-state index contributed by atoms with van der Waals surface area (Å²) in [7, 11) is 0. The number of hydrogen-bond donors (Lipinski definition) is 0. The second-order valence-corrected chi connectivity index (χ2v) is 8.82. The quantitative estimate of drug-likeness (QED) is 0.359. The Bertz CT molecular complexity index is 1020. The van der Waals surface area contributed by atoms with Crippen molar-refractivity contribution >= 4 is 11.6 Å². The van der Waals surface area contributed by atoms with E-state index in [4.69, 9.17) is 16.3 Å². The van der Waals surface area contributed by atoms with Crippen LogP contribution in [0, 0.1) is 5.41 Å². The number of hydrogen-bond acceptors (Lipinski definition) is 3. The highest BCUT2D eigenvalue weighted by molar-refractivity contribution is 6.31. The van der Waals surface area contributed by atoms with E-state index < -0.39 is 11.7 Å². The Hall–Kier alpha value is -2.57. The van der Waals surface area contributed by atoms with Crippen LogP contribution in [0.4, 0.5) is 13.2 Å². The van der Waals surface area contributed by atoms with Crippen molar-refractivity contribution in [3.8, 4) is 5.75 Å². The van der Waals surface area contributed by atoms with Crippen molar-refractivity contribution in [1.29, 1.82) is 0 Å². The van der Waals surface area contributed by atoms with E-state index in [0.717, 1.165) is 54.2 Å². The van der Waals surface area contributed by atoms with E-state index in [9.17, 15) is 13.2 Å². The summed E-state index contributed by atoms with van der Waals surface area (Å²) in [5.41, 5.74) is 1.47. The summed E-state index contributed by atoms with van der Waals surface area (Å²) in [6.45, 7) is 2.68. The number of nitrogens with zero attached hydrogens (tertiary/aromatic N) is 2. The lowest BCUT2D eigenvalue weighted by molar-refractivity contribution is -0.137. The summed E-state index contributed by atoms with van der Waals surface area (Å²) in [4.78, 5) is 6.55. The molecule has 0 atom stereocenters. The van der Waals surface area contributed by atoms with Crippen LogP contribution >= 0.6 is 11.6 Å². The fourth-order valence-corrected chi connectivity index (χ4v) is 3.96. The molecule has 3 nitrogen and oxygen atoms in total. The van der Waals surface area contributed by atoms with Crippen LogP contribution in [0.25, 0.3) is 0 Å². The molecule has 0 unspecified atom stereocenters. The van der Waals surface area contributed by atoms with Crippen molar-refractivity contribution in [3.05, 3.63) is 94.8 Å². The first-order valence-corrected chi connectivity index (χ1v) is 10.9. The van der Waals surface area contributed by atoms with E-state index in [0.29, 0.717) is 18.9 Å². The molecule has 2 aromatic carbocycles. The molecule has 0 bridgehead atoms. The number of pyridine rings is 1. The van der Waals surface area contributed by atoms with Gasteiger partial charge in [-0.1, -0.05) is 35.9 Å². The van der Waals surface area contributed by atoms with Crippen molar-refractivity contribution in [2.24, 2.45) is 5.41 Å². The van der Waals surface area contributed by atoms with Crippen molar-refractivity contribution in [2.45, 2.75) is 32.1 Å². The average molecular weight is 461 g/mol. The summed E-state index contributed by atoms with van der Waals surface area (Å²) in [6.07, 6.45) is 1.29. The molecule has 0 radical (unpaired) electrons. The normalized spacial score (nSPS) is 15.0. The van der Waals surface area contributed by atoms with Crippen LogP contribution in [0.15, 0.2) is 73.1 Å². The van der Waals surface area contributed by atoms with Crippen molar-refractivity contribution in [1.82, 2.24) is 9.88 Å². The SMILES string of the molecule is FC(F)(F)c1ccc(OCC2(CN(Cc3cccnc3)Cc3ccccc3Cl)CC2)cc1. The Balaban J connectivity index is 1.43. The number of ether oxygens (including phenoxy) is 1. The topological polar surface area (TPSA) is 25.4 Å². The molecule has 1 aliphatic rings. The minimum Gasteiger partial charge on any atom is -0.493 e. The average Bonchev–Trinajstić information content (AvgIpc) is 3.54. The van der Waals surface area contributed by atoms with Gasteiger partial charge in [0.1, 0.15) is 5.75 Å². The highest BCUT2D eigenvalue weighted by atomic mass is 35.5. The smallest absolute Gasteiger partial charge is 0.416 e. The van der Waals surface area contributed by atoms with Gasteiger partial charge in [-0.2, -0.15) is 13.2 Å². The zero-order valence-electron chi connectivity index (χ0n) is 17.5. The van der Waals surface area contributed by atoms with Gasteiger partial charge >= 0.3 is 6.18 Å². The molecule has 0 aliphatic heterocycles. The lowest BCUT2D eigenvalue weighted by atomic mass is 10.1. The third-order valence-electron chi connectivity index (χ3n) is 5.72. The van der Waals surface area contributed by atoms with Gasteiger partial charge in [-0.15, -0.1) is 0 Å². The predicted molar refractivity (Wildman–Crippen MR) is 118 cm³/mol. The second kappa shape index (κ2) is 9.51. The van der Waals surface area contributed by atoms with E-state index in [2.05, 4.69) is 9.88 Å². The lowest BCUT2D eigenvalue weighted by Crippen LogP contribution is -2.33. The minimum absolute atomic E-state index is 0.0217. The standard InChI is InChI=1S/C25H24ClF3N2O/c26-23-6-2-1-5-20(23)16-31(15-19-4-3-13-30-14-19)17-24(11-12-24)18-32-22-9-7-21(8-10-22)25(27,28)29/h1-10,13-14H,11-12,15-18H2. The molecule has 32 heavy (non-hydrogen) atoms. The Morgan fingerprint density at radius 3 is 2.34 bits per heavy atom. The summed E-state index contributed by atoms with van der Waals surface area (Å²) in [5.74, 6) is 0.453. The van der Waals surface area contributed by atoms with Crippen LogP contribution in [-0.4, -0.2) is 23.0 Å². The monoisotopic (exact) mass is 460 g/mol. The lowest BCUT2D eigenvalue weighted by Gasteiger charge is -2.28. The van der Waals surface area contributed by atoms with Gasteiger partial charge in [-0.3, -0.25) is 9.88 Å². The van der Waals surface area contributed by atoms with E-state index in [1.54, 1.807) is 6.20 Å². The molecule has 4 rings (SSSR count). The molecule has 7 heteroatoms. The fourth-order valence-electron chi connectivity index (χ4n) is 3.76. The van der Waals surface area contributed by atoms with Gasteiger partial charge in [0, 0.05) is 42.5 Å². The first kappa shape index (κ1) is 22.6. The molecule has 0 spiro atoms. The van der Waals surface area contributed by atoms with Gasteiger partial charge in [-0.25, -0.2) is 0 Å². The number of halogens is 4. The number of aromatic nitrogens is 1. The highest BCUT2D eigenvalue weighted by Gasteiger charge is 2.45. The van der Waals surface area contributed by atoms with Crippen LogP contribution in [-0.2, 0) is 19.3 Å². The van der Waals surface area contributed by atoms with Gasteiger partial charge in [0.15, 0.2) is 0 Å². The second-order valence-electron chi connectivity index (χ2n) is 8.41. The highest BCUT2D eigenvalue weighted by Crippen LogP contribution is 2.47. The van der Waals surface area contributed by atoms with Gasteiger partial charge < -0.3 is 4.74 Å². The first-order valence-electron chi connectivity index (χ1n) is 10.5. The van der Waals surface area contributed by atoms with Crippen molar-refractivity contribution in [3.63, 3.8) is 0 Å². The molecule has 0 saturated heterocycles. The molecular weight excluding hydrogens is 437 g/mol. The van der Waals surface area contributed by atoms with E-state index in [-0.39, 0.29) is 5.41 Å². The van der Waals surface area contributed by atoms with Gasteiger partial charge in [0.25, 0.3) is 0 Å². The maximum absolute atomic E-state index is 12.8. The molecule has 1 aliphatic carbocycles. The Morgan fingerprint density at radius 1 is 0.969 bits per heavy atom. The van der Waals surface area contributed by atoms with Gasteiger partial charge in [-0.05, 0) is 60.4 Å². The van der Waals surface area contributed by atoms with Gasteiger partial charge in [0.05, 0.1) is 12.2 Å². The molecule has 0 amide bonds. The molecule has 168 valence electrons. The Kier molecular flexibility index (Phi) is 6.72. The molecule has 1 aromatic heterocycles. The molecule has 1 fully saturated rings. The number of benzene rings is 2. The minimum atomic E-state index is -4.35. The number of rotatable bonds is 9. The Labute approximate surface area is 190 Å². The summed E-state index contributed by atoms with van der Waals surface area (Å²) in [5, 5.41) is 0.731. The zero-order chi connectivity index (χ0) is 22.6. The summed E-state index contributed by atoms with van der Waals surface area (Å²) in [6, 6.07) is 16.7. The van der Waals surface area contributed by atoms with Crippen molar-refractivity contribution < 1.29 is 17.9 Å².